The summed E-state index contributed by atoms with van der Waals surface area (Å²) in [6.45, 7) is 3.95. The topological polar surface area (TPSA) is 63.6 Å². The van der Waals surface area contributed by atoms with Gasteiger partial charge in [0.25, 0.3) is 10.1 Å². The van der Waals surface area contributed by atoms with Crippen LogP contribution in [0.3, 0.4) is 0 Å². The molecule has 1 N–H and O–H groups in total. The lowest BCUT2D eigenvalue weighted by molar-refractivity contribution is 0.254. The van der Waals surface area contributed by atoms with E-state index in [1.165, 1.54) is 11.6 Å². The molecule has 0 aromatic heterocycles. The van der Waals surface area contributed by atoms with E-state index in [1.807, 2.05) is 32.0 Å². The monoisotopic (exact) mass is 332 g/mol. The summed E-state index contributed by atoms with van der Waals surface area (Å²) in [5.74, 6) is 0.940. The molecule has 3 rings (SSSR count). The van der Waals surface area contributed by atoms with Crippen LogP contribution >= 0.6 is 0 Å². The average molecular weight is 332 g/mol. The fraction of sp³-hybridized carbons (Fsp3) is 0.333. The lowest BCUT2D eigenvalue weighted by atomic mass is 10.00. The van der Waals surface area contributed by atoms with Gasteiger partial charge in [-0.2, -0.15) is 8.42 Å². The summed E-state index contributed by atoms with van der Waals surface area (Å²) in [6.07, 6.45) is 2.40. The van der Waals surface area contributed by atoms with Crippen LogP contribution in [0.5, 0.6) is 5.75 Å². The maximum Gasteiger partial charge on any atom is 0.294 e. The first-order valence-electron chi connectivity index (χ1n) is 7.68. The minimum absolute atomic E-state index is 0.00113. The number of hydrogen-bond acceptors (Lipinski definition) is 3. The molecule has 0 saturated heterocycles. The van der Waals surface area contributed by atoms with Gasteiger partial charge >= 0.3 is 0 Å². The van der Waals surface area contributed by atoms with Crippen molar-refractivity contribution in [2.45, 2.75) is 44.1 Å². The highest BCUT2D eigenvalue weighted by Crippen LogP contribution is 2.30. The highest BCUT2D eigenvalue weighted by molar-refractivity contribution is 7.85. The van der Waals surface area contributed by atoms with Crippen LogP contribution in [0.1, 0.15) is 29.2 Å². The molecule has 2 aromatic carbocycles. The molecule has 0 amide bonds. The Balaban J connectivity index is 1.82. The summed E-state index contributed by atoms with van der Waals surface area (Å²) in [5, 5.41) is 0. The summed E-state index contributed by atoms with van der Waals surface area (Å²) < 4.78 is 38.1. The van der Waals surface area contributed by atoms with E-state index in [1.54, 1.807) is 6.07 Å². The molecule has 1 aliphatic heterocycles. The lowest BCUT2D eigenvalue weighted by Crippen LogP contribution is -2.05. The molecule has 23 heavy (non-hydrogen) atoms. The largest absolute Gasteiger partial charge is 0.490 e. The van der Waals surface area contributed by atoms with E-state index in [2.05, 4.69) is 6.07 Å². The number of ether oxygens (including phenoxy) is 1. The van der Waals surface area contributed by atoms with Crippen molar-refractivity contribution in [2.24, 2.45) is 0 Å². The van der Waals surface area contributed by atoms with Gasteiger partial charge in [-0.05, 0) is 55.5 Å². The lowest BCUT2D eigenvalue weighted by Gasteiger charge is -2.09. The third-order valence-electron chi connectivity index (χ3n) is 4.14. The highest BCUT2D eigenvalue weighted by atomic mass is 32.2. The van der Waals surface area contributed by atoms with Gasteiger partial charge < -0.3 is 4.74 Å². The third kappa shape index (κ3) is 3.57. The zero-order valence-electron chi connectivity index (χ0n) is 13.2. The SMILES string of the molecule is Cc1ccc(S(=O)(=O)O)c(CCc2ccc3c(c2)CC(C)O3)c1. The smallest absolute Gasteiger partial charge is 0.294 e. The molecular weight excluding hydrogens is 312 g/mol. The highest BCUT2D eigenvalue weighted by Gasteiger charge is 2.19. The molecule has 2 aromatic rings. The first-order chi connectivity index (χ1) is 10.8. The van der Waals surface area contributed by atoms with Crippen molar-refractivity contribution in [2.75, 3.05) is 0 Å². The van der Waals surface area contributed by atoms with Crippen LogP contribution in [-0.4, -0.2) is 19.1 Å². The second-order valence-electron chi connectivity index (χ2n) is 6.16. The number of hydrogen-bond donors (Lipinski definition) is 1. The fourth-order valence-electron chi connectivity index (χ4n) is 3.07. The molecule has 122 valence electrons. The summed E-state index contributed by atoms with van der Waals surface area (Å²) in [7, 11) is -4.19. The Morgan fingerprint density at radius 3 is 2.70 bits per heavy atom. The molecule has 0 spiro atoms. The van der Waals surface area contributed by atoms with E-state index in [0.29, 0.717) is 18.4 Å². The van der Waals surface area contributed by atoms with Gasteiger partial charge in [-0.25, -0.2) is 0 Å². The van der Waals surface area contributed by atoms with E-state index < -0.39 is 10.1 Å². The molecular formula is C18H20O4S. The number of aryl methyl sites for hydroxylation is 3. The minimum atomic E-state index is -4.19. The van der Waals surface area contributed by atoms with Gasteiger partial charge in [0.15, 0.2) is 0 Å². The van der Waals surface area contributed by atoms with Gasteiger partial charge in [0.2, 0.25) is 0 Å². The second-order valence-corrected chi connectivity index (χ2v) is 7.55. The Labute approximate surface area is 136 Å². The van der Waals surface area contributed by atoms with Crippen molar-refractivity contribution in [1.82, 2.24) is 0 Å². The van der Waals surface area contributed by atoms with Crippen molar-refractivity contribution >= 4 is 10.1 Å². The third-order valence-corrected chi connectivity index (χ3v) is 5.09. The molecule has 4 nitrogen and oxygen atoms in total. The quantitative estimate of drug-likeness (QED) is 0.872. The van der Waals surface area contributed by atoms with E-state index in [0.717, 1.165) is 23.3 Å². The zero-order chi connectivity index (χ0) is 16.6. The Morgan fingerprint density at radius 2 is 1.96 bits per heavy atom. The molecule has 0 radical (unpaired) electrons. The van der Waals surface area contributed by atoms with Crippen LogP contribution in [0, 0.1) is 6.92 Å². The maximum absolute atomic E-state index is 11.5. The molecule has 1 heterocycles. The van der Waals surface area contributed by atoms with E-state index >= 15 is 0 Å². The molecule has 0 bridgehead atoms. The number of fused-ring (bicyclic) bond motifs is 1. The van der Waals surface area contributed by atoms with Crippen molar-refractivity contribution in [3.05, 3.63) is 58.7 Å². The molecule has 1 unspecified atom stereocenters. The predicted molar refractivity (Wildman–Crippen MR) is 88.6 cm³/mol. The standard InChI is InChI=1S/C18H20O4S/c1-12-3-8-18(23(19,20)21)15(9-12)6-4-14-5-7-17-16(11-14)10-13(2)22-17/h3,5,7-9,11,13H,4,6,10H2,1-2H3,(H,19,20,21). The van der Waals surface area contributed by atoms with Gasteiger partial charge in [-0.15, -0.1) is 0 Å². The Hall–Kier alpha value is -1.85. The Kier molecular flexibility index (Phi) is 4.17. The van der Waals surface area contributed by atoms with Crippen LogP contribution in [0.2, 0.25) is 0 Å². The van der Waals surface area contributed by atoms with Crippen molar-refractivity contribution in [3.63, 3.8) is 0 Å². The van der Waals surface area contributed by atoms with Crippen molar-refractivity contribution < 1.29 is 17.7 Å². The maximum atomic E-state index is 11.5. The fourth-order valence-corrected chi connectivity index (χ4v) is 3.80. The molecule has 1 aliphatic rings. The van der Waals surface area contributed by atoms with E-state index in [4.69, 9.17) is 4.74 Å². The van der Waals surface area contributed by atoms with Crippen LogP contribution < -0.4 is 4.74 Å². The Bertz CT molecular complexity index is 840. The summed E-state index contributed by atoms with van der Waals surface area (Å²) in [4.78, 5) is 0.00113. The van der Waals surface area contributed by atoms with Crippen molar-refractivity contribution in [3.8, 4) is 5.75 Å². The summed E-state index contributed by atoms with van der Waals surface area (Å²) in [6, 6.07) is 11.1. The Morgan fingerprint density at radius 1 is 1.17 bits per heavy atom. The summed E-state index contributed by atoms with van der Waals surface area (Å²) in [5.41, 5.74) is 3.97. The molecule has 0 fully saturated rings. The van der Waals surface area contributed by atoms with Crippen LogP contribution in [0.25, 0.3) is 0 Å². The first kappa shape index (κ1) is 16.0. The first-order valence-corrected chi connectivity index (χ1v) is 9.12. The molecule has 0 aliphatic carbocycles. The van der Waals surface area contributed by atoms with Crippen LogP contribution in [-0.2, 0) is 29.4 Å². The molecule has 5 heteroatoms. The van der Waals surface area contributed by atoms with Gasteiger partial charge in [0, 0.05) is 6.42 Å². The van der Waals surface area contributed by atoms with Gasteiger partial charge in [-0.3, -0.25) is 4.55 Å². The summed E-state index contributed by atoms with van der Waals surface area (Å²) >= 11 is 0. The van der Waals surface area contributed by atoms with Crippen LogP contribution in [0.4, 0.5) is 0 Å². The minimum Gasteiger partial charge on any atom is -0.490 e. The van der Waals surface area contributed by atoms with Crippen molar-refractivity contribution in [1.29, 1.82) is 0 Å². The number of benzene rings is 2. The molecule has 0 saturated carbocycles. The zero-order valence-corrected chi connectivity index (χ0v) is 14.1. The van der Waals surface area contributed by atoms with E-state index in [9.17, 15) is 13.0 Å². The second kappa shape index (κ2) is 5.98. The predicted octanol–water partition coefficient (Wildman–Crippen LogP) is 3.35. The van der Waals surface area contributed by atoms with Gasteiger partial charge in [0.05, 0.1) is 4.90 Å². The van der Waals surface area contributed by atoms with Gasteiger partial charge in [0.1, 0.15) is 11.9 Å². The average Bonchev–Trinajstić information content (AvgIpc) is 2.83. The van der Waals surface area contributed by atoms with Crippen LogP contribution in [0.15, 0.2) is 41.3 Å². The number of rotatable bonds is 4. The van der Waals surface area contributed by atoms with Gasteiger partial charge in [-0.1, -0.05) is 29.8 Å². The molecule has 1 atom stereocenters. The van der Waals surface area contributed by atoms with E-state index in [-0.39, 0.29) is 11.0 Å². The normalized spacial score (nSPS) is 16.9.